The van der Waals surface area contributed by atoms with Gasteiger partial charge in [-0.05, 0) is 67.8 Å². The number of rotatable bonds is 3. The summed E-state index contributed by atoms with van der Waals surface area (Å²) in [7, 11) is 0. The fourth-order valence-corrected chi connectivity index (χ4v) is 1.86. The minimum absolute atomic E-state index is 0.00648. The summed E-state index contributed by atoms with van der Waals surface area (Å²) < 4.78 is 5.15. The van der Waals surface area contributed by atoms with Gasteiger partial charge in [-0.15, -0.1) is 0 Å². The van der Waals surface area contributed by atoms with Crippen LogP contribution in [0.25, 0.3) is 6.08 Å². The molecule has 2 nitrogen and oxygen atoms in total. The molecule has 1 heterocycles. The van der Waals surface area contributed by atoms with Gasteiger partial charge in [0.1, 0.15) is 5.76 Å². The molecular weight excluding hydrogens is 224 g/mol. The highest BCUT2D eigenvalue weighted by Crippen LogP contribution is 2.16. The molecule has 2 heteroatoms. The molecule has 0 unspecified atom stereocenters. The zero-order valence-corrected chi connectivity index (χ0v) is 10.9. The predicted molar refractivity (Wildman–Crippen MR) is 72.7 cm³/mol. The molecule has 0 fully saturated rings. The van der Waals surface area contributed by atoms with Gasteiger partial charge in [-0.2, -0.15) is 0 Å². The van der Waals surface area contributed by atoms with Gasteiger partial charge in [0.2, 0.25) is 0 Å². The van der Waals surface area contributed by atoms with Crippen LogP contribution in [0.2, 0.25) is 0 Å². The molecule has 0 bridgehead atoms. The number of allylic oxidation sites excluding steroid dienone is 1. The lowest BCUT2D eigenvalue weighted by molar-refractivity contribution is 0.104. The van der Waals surface area contributed by atoms with Crippen molar-refractivity contribution >= 4 is 11.9 Å². The van der Waals surface area contributed by atoms with Crippen LogP contribution in [0.1, 0.15) is 32.8 Å². The fraction of sp³-hybridized carbons (Fsp3) is 0.188. The maximum Gasteiger partial charge on any atom is 0.186 e. The van der Waals surface area contributed by atoms with Crippen LogP contribution in [-0.4, -0.2) is 5.78 Å². The van der Waals surface area contributed by atoms with Crippen molar-refractivity contribution in [1.82, 2.24) is 0 Å². The smallest absolute Gasteiger partial charge is 0.186 e. The van der Waals surface area contributed by atoms with Crippen LogP contribution in [0.4, 0.5) is 0 Å². The first-order chi connectivity index (χ1) is 8.58. The molecule has 0 spiro atoms. The maximum absolute atomic E-state index is 12.1. The van der Waals surface area contributed by atoms with Crippen molar-refractivity contribution in [1.29, 1.82) is 0 Å². The number of benzene rings is 1. The Hall–Kier alpha value is -2.09. The van der Waals surface area contributed by atoms with Crippen LogP contribution < -0.4 is 0 Å². The van der Waals surface area contributed by atoms with Crippen molar-refractivity contribution in [2.75, 3.05) is 0 Å². The molecule has 0 aliphatic heterocycles. The lowest BCUT2D eigenvalue weighted by Gasteiger charge is -2.06. The normalized spacial score (nSPS) is 11.1. The van der Waals surface area contributed by atoms with E-state index in [-0.39, 0.29) is 5.78 Å². The van der Waals surface area contributed by atoms with E-state index in [2.05, 4.69) is 6.92 Å². The Kier molecular flexibility index (Phi) is 3.47. The quantitative estimate of drug-likeness (QED) is 0.597. The second-order valence-corrected chi connectivity index (χ2v) is 4.46. The summed E-state index contributed by atoms with van der Waals surface area (Å²) in [6.07, 6.45) is 4.83. The summed E-state index contributed by atoms with van der Waals surface area (Å²) in [4.78, 5) is 12.1. The summed E-state index contributed by atoms with van der Waals surface area (Å²) in [6, 6.07) is 7.60. The summed E-state index contributed by atoms with van der Waals surface area (Å²) in [6.45, 7) is 6.03. The van der Waals surface area contributed by atoms with Gasteiger partial charge in [0, 0.05) is 5.56 Å². The third-order valence-corrected chi connectivity index (χ3v) is 3.05. The summed E-state index contributed by atoms with van der Waals surface area (Å²) in [5, 5.41) is 0. The molecule has 0 aliphatic carbocycles. The summed E-state index contributed by atoms with van der Waals surface area (Å²) in [5.74, 6) is 0.692. The highest BCUT2D eigenvalue weighted by Gasteiger charge is 2.07. The largest absolute Gasteiger partial charge is 0.465 e. The molecule has 0 radical (unpaired) electrons. The SMILES string of the molecule is Cc1cc(C)c(C(=O)/C=C/c2ccco2)cc1C. The zero-order valence-electron chi connectivity index (χ0n) is 10.9. The Balaban J connectivity index is 2.27. The average molecular weight is 240 g/mol. The van der Waals surface area contributed by atoms with E-state index >= 15 is 0 Å². The van der Waals surface area contributed by atoms with Crippen LogP contribution in [-0.2, 0) is 0 Å². The second-order valence-electron chi connectivity index (χ2n) is 4.46. The Morgan fingerprint density at radius 1 is 1.11 bits per heavy atom. The van der Waals surface area contributed by atoms with Crippen molar-refractivity contribution < 1.29 is 9.21 Å². The number of carbonyl (C=O) groups is 1. The van der Waals surface area contributed by atoms with E-state index in [4.69, 9.17) is 4.42 Å². The van der Waals surface area contributed by atoms with E-state index in [1.54, 1.807) is 24.5 Å². The molecule has 92 valence electrons. The van der Waals surface area contributed by atoms with Crippen LogP contribution in [0.15, 0.2) is 41.0 Å². The van der Waals surface area contributed by atoms with Crippen LogP contribution >= 0.6 is 0 Å². The first-order valence-electron chi connectivity index (χ1n) is 5.91. The molecule has 1 aromatic carbocycles. The standard InChI is InChI=1S/C16H16O2/c1-11-9-13(3)15(10-12(11)2)16(17)7-6-14-5-4-8-18-14/h4-10H,1-3H3/b7-6+. The summed E-state index contributed by atoms with van der Waals surface area (Å²) in [5.41, 5.74) is 4.10. The highest BCUT2D eigenvalue weighted by molar-refractivity contribution is 6.07. The molecule has 18 heavy (non-hydrogen) atoms. The number of hydrogen-bond donors (Lipinski definition) is 0. The Morgan fingerprint density at radius 3 is 2.50 bits per heavy atom. The van der Waals surface area contributed by atoms with Gasteiger partial charge >= 0.3 is 0 Å². The minimum atomic E-state index is 0.00648. The van der Waals surface area contributed by atoms with E-state index in [0.29, 0.717) is 5.76 Å². The summed E-state index contributed by atoms with van der Waals surface area (Å²) >= 11 is 0. The molecule has 0 saturated carbocycles. The third-order valence-electron chi connectivity index (χ3n) is 3.05. The van der Waals surface area contributed by atoms with E-state index in [9.17, 15) is 4.79 Å². The second kappa shape index (κ2) is 5.05. The zero-order chi connectivity index (χ0) is 13.1. The number of carbonyl (C=O) groups excluding carboxylic acids is 1. The van der Waals surface area contributed by atoms with Crippen molar-refractivity contribution in [2.24, 2.45) is 0 Å². The molecule has 2 rings (SSSR count). The van der Waals surface area contributed by atoms with Crippen molar-refractivity contribution in [3.05, 3.63) is 64.6 Å². The van der Waals surface area contributed by atoms with E-state index in [1.165, 1.54) is 5.56 Å². The molecule has 1 aromatic heterocycles. The molecule has 0 atom stereocenters. The maximum atomic E-state index is 12.1. The lowest BCUT2D eigenvalue weighted by atomic mass is 9.98. The molecular formula is C16H16O2. The topological polar surface area (TPSA) is 30.2 Å². The Morgan fingerprint density at radius 2 is 1.83 bits per heavy atom. The first kappa shape index (κ1) is 12.4. The van der Waals surface area contributed by atoms with Crippen LogP contribution in [0.5, 0.6) is 0 Å². The van der Waals surface area contributed by atoms with Gasteiger partial charge in [0.05, 0.1) is 6.26 Å². The average Bonchev–Trinajstić information content (AvgIpc) is 2.84. The molecule has 0 aliphatic rings. The van der Waals surface area contributed by atoms with E-state index in [0.717, 1.165) is 16.7 Å². The number of furan rings is 1. The van der Waals surface area contributed by atoms with Gasteiger partial charge in [0.15, 0.2) is 5.78 Å². The van der Waals surface area contributed by atoms with Crippen LogP contribution in [0.3, 0.4) is 0 Å². The van der Waals surface area contributed by atoms with Gasteiger partial charge in [-0.25, -0.2) is 0 Å². The van der Waals surface area contributed by atoms with Gasteiger partial charge in [-0.1, -0.05) is 6.07 Å². The highest BCUT2D eigenvalue weighted by atomic mass is 16.3. The van der Waals surface area contributed by atoms with E-state index in [1.807, 2.05) is 32.0 Å². The molecule has 0 amide bonds. The number of hydrogen-bond acceptors (Lipinski definition) is 2. The van der Waals surface area contributed by atoms with Gasteiger partial charge in [-0.3, -0.25) is 4.79 Å². The molecule has 0 saturated heterocycles. The fourth-order valence-electron chi connectivity index (χ4n) is 1.86. The monoisotopic (exact) mass is 240 g/mol. The number of ketones is 1. The minimum Gasteiger partial charge on any atom is -0.465 e. The van der Waals surface area contributed by atoms with Crippen molar-refractivity contribution in [2.45, 2.75) is 20.8 Å². The number of aryl methyl sites for hydroxylation is 3. The van der Waals surface area contributed by atoms with Crippen molar-refractivity contribution in [3.63, 3.8) is 0 Å². The van der Waals surface area contributed by atoms with Gasteiger partial charge < -0.3 is 4.42 Å². The van der Waals surface area contributed by atoms with Gasteiger partial charge in [0.25, 0.3) is 0 Å². The predicted octanol–water partition coefficient (Wildman–Crippen LogP) is 4.10. The Bertz CT molecular complexity index is 590. The molecule has 2 aromatic rings. The van der Waals surface area contributed by atoms with E-state index < -0.39 is 0 Å². The third kappa shape index (κ3) is 2.59. The Labute approximate surface area is 107 Å². The lowest BCUT2D eigenvalue weighted by Crippen LogP contribution is -1.99. The van der Waals surface area contributed by atoms with Crippen molar-refractivity contribution in [3.8, 4) is 0 Å². The first-order valence-corrected chi connectivity index (χ1v) is 5.91. The van der Waals surface area contributed by atoms with Crippen LogP contribution in [0, 0.1) is 20.8 Å². The molecule has 0 N–H and O–H groups in total.